The number of carbonyl (C=O) groups excluding carboxylic acids is 2. The Labute approximate surface area is 199 Å². The van der Waals surface area contributed by atoms with E-state index in [1.54, 1.807) is 35.2 Å². The van der Waals surface area contributed by atoms with Crippen molar-refractivity contribution in [1.82, 2.24) is 30.4 Å². The van der Waals surface area contributed by atoms with Crippen LogP contribution in [-0.2, 0) is 11.3 Å². The van der Waals surface area contributed by atoms with Crippen LogP contribution in [0.4, 0.5) is 4.79 Å². The van der Waals surface area contributed by atoms with Crippen molar-refractivity contribution in [1.29, 1.82) is 0 Å². The average Bonchev–Trinajstić information content (AvgIpc) is 3.53. The maximum absolute atomic E-state index is 13.0. The van der Waals surface area contributed by atoms with Crippen molar-refractivity contribution in [3.8, 4) is 11.4 Å². The molecule has 2 amide bonds. The van der Waals surface area contributed by atoms with Crippen molar-refractivity contribution in [3.05, 3.63) is 63.6 Å². The molecule has 11 heteroatoms. The molecule has 2 aliphatic heterocycles. The molecule has 3 heterocycles. The topological polar surface area (TPSA) is 104 Å². The van der Waals surface area contributed by atoms with Gasteiger partial charge in [-0.1, -0.05) is 35.3 Å². The number of hydrogen-bond acceptors (Lipinski definition) is 6. The lowest BCUT2D eigenvalue weighted by Crippen LogP contribution is -2.35. The van der Waals surface area contributed by atoms with E-state index >= 15 is 0 Å². The Bertz CT molecular complexity index is 1140. The number of carbonyl (C=O) groups is 2. The van der Waals surface area contributed by atoms with Crippen LogP contribution < -0.4 is 0 Å². The highest BCUT2D eigenvalue weighted by Crippen LogP contribution is 2.32. The summed E-state index contributed by atoms with van der Waals surface area (Å²) in [4.78, 5) is 29.1. The van der Waals surface area contributed by atoms with Crippen molar-refractivity contribution in [2.45, 2.75) is 6.61 Å². The van der Waals surface area contributed by atoms with Crippen LogP contribution in [0.15, 0.2) is 42.5 Å². The second-order valence-electron chi connectivity index (χ2n) is 8.29. The molecule has 0 aliphatic carbocycles. The number of aromatic amines is 1. The molecule has 33 heavy (non-hydrogen) atoms. The van der Waals surface area contributed by atoms with E-state index in [-0.39, 0.29) is 30.4 Å². The van der Waals surface area contributed by atoms with Crippen LogP contribution >= 0.6 is 23.2 Å². The third kappa shape index (κ3) is 4.65. The van der Waals surface area contributed by atoms with Gasteiger partial charge in [-0.15, -0.1) is 5.10 Å². The van der Waals surface area contributed by atoms with E-state index in [9.17, 15) is 9.59 Å². The minimum atomic E-state index is -0.365. The van der Waals surface area contributed by atoms with Gasteiger partial charge in [0.2, 0.25) is 0 Å². The first kappa shape index (κ1) is 21.7. The number of benzene rings is 2. The summed E-state index contributed by atoms with van der Waals surface area (Å²) >= 11 is 12.0. The van der Waals surface area contributed by atoms with Gasteiger partial charge in [0, 0.05) is 59.2 Å². The fourth-order valence-corrected chi connectivity index (χ4v) is 5.04. The van der Waals surface area contributed by atoms with E-state index in [4.69, 9.17) is 27.9 Å². The number of rotatable bonds is 4. The Hall–Kier alpha value is -3.17. The van der Waals surface area contributed by atoms with Gasteiger partial charge in [0.15, 0.2) is 5.82 Å². The molecule has 0 saturated carbocycles. The molecule has 0 spiro atoms. The minimum Gasteiger partial charge on any atom is -0.445 e. The highest BCUT2D eigenvalue weighted by atomic mass is 35.5. The number of H-pyrrole nitrogens is 1. The van der Waals surface area contributed by atoms with E-state index in [0.29, 0.717) is 47.6 Å². The van der Waals surface area contributed by atoms with Crippen molar-refractivity contribution in [2.75, 3.05) is 26.2 Å². The molecule has 5 rings (SSSR count). The molecule has 1 N–H and O–H groups in total. The summed E-state index contributed by atoms with van der Waals surface area (Å²) in [5.74, 6) is 1.01. The first-order valence-corrected chi connectivity index (χ1v) is 11.2. The van der Waals surface area contributed by atoms with Crippen molar-refractivity contribution in [3.63, 3.8) is 0 Å². The monoisotopic (exact) mass is 486 g/mol. The van der Waals surface area contributed by atoms with E-state index in [0.717, 1.165) is 11.1 Å². The largest absolute Gasteiger partial charge is 0.445 e. The first-order chi connectivity index (χ1) is 16.0. The fourth-order valence-electron chi connectivity index (χ4n) is 4.47. The lowest BCUT2D eigenvalue weighted by atomic mass is 10.0. The fraction of sp³-hybridized carbons (Fsp3) is 0.318. The highest BCUT2D eigenvalue weighted by molar-refractivity contribution is 6.34. The quantitative estimate of drug-likeness (QED) is 0.604. The smallest absolute Gasteiger partial charge is 0.410 e. The first-order valence-electron chi connectivity index (χ1n) is 10.5. The maximum atomic E-state index is 13.0. The van der Waals surface area contributed by atoms with Crippen LogP contribution in [0, 0.1) is 11.8 Å². The van der Waals surface area contributed by atoms with E-state index in [1.165, 1.54) is 0 Å². The van der Waals surface area contributed by atoms with Crippen LogP contribution in [0.25, 0.3) is 11.4 Å². The van der Waals surface area contributed by atoms with Crippen LogP contribution in [0.5, 0.6) is 0 Å². The van der Waals surface area contributed by atoms with Crippen molar-refractivity contribution in [2.24, 2.45) is 11.8 Å². The number of likely N-dealkylation sites (tertiary alicyclic amines) is 2. The van der Waals surface area contributed by atoms with Gasteiger partial charge in [0.25, 0.3) is 5.91 Å². The summed E-state index contributed by atoms with van der Waals surface area (Å²) in [6.07, 6.45) is -0.365. The van der Waals surface area contributed by atoms with Gasteiger partial charge in [-0.2, -0.15) is 0 Å². The number of nitrogens with zero attached hydrogens (tertiary/aromatic N) is 5. The molecule has 2 aliphatic rings. The van der Waals surface area contributed by atoms with Crippen LogP contribution in [0.2, 0.25) is 10.0 Å². The zero-order valence-electron chi connectivity index (χ0n) is 17.4. The number of hydrogen-bond donors (Lipinski definition) is 1. The molecule has 0 unspecified atom stereocenters. The van der Waals surface area contributed by atoms with E-state index in [1.807, 2.05) is 17.0 Å². The van der Waals surface area contributed by atoms with Crippen LogP contribution in [0.1, 0.15) is 15.9 Å². The number of halogens is 2. The van der Waals surface area contributed by atoms with Gasteiger partial charge in [-0.3, -0.25) is 4.79 Å². The van der Waals surface area contributed by atoms with E-state index in [2.05, 4.69) is 20.6 Å². The lowest BCUT2D eigenvalue weighted by molar-refractivity contribution is 0.0764. The molecule has 3 aromatic rings. The molecule has 0 bridgehead atoms. The van der Waals surface area contributed by atoms with Gasteiger partial charge < -0.3 is 14.5 Å². The summed E-state index contributed by atoms with van der Waals surface area (Å²) in [6.45, 7) is 2.48. The molecular weight excluding hydrogens is 467 g/mol. The Morgan fingerprint density at radius 1 is 0.970 bits per heavy atom. The summed E-state index contributed by atoms with van der Waals surface area (Å²) in [6, 6.07) is 12.3. The molecule has 170 valence electrons. The average molecular weight is 487 g/mol. The van der Waals surface area contributed by atoms with Crippen molar-refractivity contribution >= 4 is 35.2 Å². The Balaban J connectivity index is 1.14. The molecule has 1 aromatic heterocycles. The molecule has 0 radical (unpaired) electrons. The normalized spacial score (nSPS) is 19.6. The van der Waals surface area contributed by atoms with Gasteiger partial charge in [0.05, 0.1) is 0 Å². The number of tetrazole rings is 1. The second-order valence-corrected chi connectivity index (χ2v) is 9.17. The highest BCUT2D eigenvalue weighted by Gasteiger charge is 2.43. The molecule has 2 saturated heterocycles. The predicted octanol–water partition coefficient (Wildman–Crippen LogP) is 3.51. The number of nitrogens with one attached hydrogen (secondary N) is 1. The van der Waals surface area contributed by atoms with Gasteiger partial charge >= 0.3 is 6.09 Å². The number of fused-ring (bicyclic) bond motifs is 1. The van der Waals surface area contributed by atoms with Crippen LogP contribution in [-0.4, -0.2) is 68.6 Å². The Kier molecular flexibility index (Phi) is 5.90. The summed E-state index contributed by atoms with van der Waals surface area (Å²) < 4.78 is 5.45. The van der Waals surface area contributed by atoms with Gasteiger partial charge in [0.1, 0.15) is 6.61 Å². The van der Waals surface area contributed by atoms with Crippen molar-refractivity contribution < 1.29 is 14.3 Å². The minimum absolute atomic E-state index is 0.0152. The SMILES string of the molecule is O=C(OCc1cc(Cl)cc(Cl)c1)N1C[C@@H]2CN(C(=O)c3ccc(-c4nnn[nH]4)cc3)C[C@H]2C1. The predicted molar refractivity (Wildman–Crippen MR) is 121 cm³/mol. The number of amides is 2. The third-order valence-corrected chi connectivity index (χ3v) is 6.50. The maximum Gasteiger partial charge on any atom is 0.410 e. The molecule has 2 fully saturated rings. The Morgan fingerprint density at radius 3 is 2.21 bits per heavy atom. The van der Waals surface area contributed by atoms with Crippen LogP contribution in [0.3, 0.4) is 0 Å². The molecular formula is C22H20Cl2N6O3. The zero-order valence-corrected chi connectivity index (χ0v) is 19.0. The molecule has 9 nitrogen and oxygen atoms in total. The Morgan fingerprint density at radius 2 is 1.61 bits per heavy atom. The second kappa shape index (κ2) is 8.99. The molecule has 2 aromatic carbocycles. The summed E-state index contributed by atoms with van der Waals surface area (Å²) in [5.41, 5.74) is 2.16. The lowest BCUT2D eigenvalue weighted by Gasteiger charge is -2.21. The number of aromatic nitrogens is 4. The zero-order chi connectivity index (χ0) is 22.9. The summed E-state index contributed by atoms with van der Waals surface area (Å²) in [7, 11) is 0. The third-order valence-electron chi connectivity index (χ3n) is 6.07. The number of ether oxygens (including phenoxy) is 1. The van der Waals surface area contributed by atoms with E-state index < -0.39 is 0 Å². The van der Waals surface area contributed by atoms with Gasteiger partial charge in [-0.05, 0) is 46.3 Å². The van der Waals surface area contributed by atoms with Gasteiger partial charge in [-0.25, -0.2) is 9.89 Å². The summed E-state index contributed by atoms with van der Waals surface area (Å²) in [5, 5.41) is 14.7. The molecule has 2 atom stereocenters. The standard InChI is InChI=1S/C22H20Cl2N6O3/c23-18-5-13(6-19(24)7-18)12-33-22(32)30-10-16-8-29(9-17(16)11-30)21(31)15-3-1-14(2-4-15)20-25-27-28-26-20/h1-7,16-17H,8-12H2,(H,25,26,27,28)/t16-,17-/m0/s1.